The van der Waals surface area contributed by atoms with Crippen LogP contribution in [0.3, 0.4) is 0 Å². The Labute approximate surface area is 175 Å². The summed E-state index contributed by atoms with van der Waals surface area (Å²) in [5.41, 5.74) is 5.24. The van der Waals surface area contributed by atoms with Crippen LogP contribution in [-0.2, 0) is 4.79 Å². The second-order valence-electron chi connectivity index (χ2n) is 7.41. The van der Waals surface area contributed by atoms with Gasteiger partial charge in [-0.25, -0.2) is 0 Å². The van der Waals surface area contributed by atoms with Crippen molar-refractivity contribution in [3.05, 3.63) is 69.8 Å². The van der Waals surface area contributed by atoms with Crippen molar-refractivity contribution in [2.45, 2.75) is 26.2 Å². The van der Waals surface area contributed by atoms with Gasteiger partial charge >= 0.3 is 0 Å². The van der Waals surface area contributed by atoms with Crippen molar-refractivity contribution in [1.29, 1.82) is 5.26 Å². The lowest BCUT2D eigenvalue weighted by Crippen LogP contribution is -2.47. The van der Waals surface area contributed by atoms with Crippen molar-refractivity contribution >= 4 is 23.4 Å². The maximum Gasteiger partial charge on any atom is 0.229 e. The first-order valence-electron chi connectivity index (χ1n) is 9.55. The van der Waals surface area contributed by atoms with Gasteiger partial charge < -0.3 is 9.64 Å². The number of nitriles is 1. The van der Waals surface area contributed by atoms with Crippen LogP contribution in [-0.4, -0.2) is 30.5 Å². The van der Waals surface area contributed by atoms with Crippen LogP contribution >= 0.6 is 11.8 Å². The van der Waals surface area contributed by atoms with E-state index in [1.807, 2.05) is 24.3 Å². The van der Waals surface area contributed by atoms with Crippen LogP contribution in [0.25, 0.3) is 0 Å². The SMILES string of the molecule is COc1ccc([C@@H]2CC(=O)N3CN(c4ccc(C)c(C)c4)CSC3=C2C#N)cc1. The zero-order valence-electron chi connectivity index (χ0n) is 16.8. The third-order valence-corrected chi connectivity index (χ3v) is 6.82. The minimum absolute atomic E-state index is 0.0563. The number of anilines is 1. The highest BCUT2D eigenvalue weighted by Crippen LogP contribution is 2.43. The second kappa shape index (κ2) is 7.84. The van der Waals surface area contributed by atoms with Crippen LogP contribution in [0.1, 0.15) is 29.0 Å². The number of nitrogens with zero attached hydrogens (tertiary/aromatic N) is 3. The van der Waals surface area contributed by atoms with E-state index in [0.717, 1.165) is 22.0 Å². The molecule has 1 fully saturated rings. The lowest BCUT2D eigenvalue weighted by Gasteiger charge is -2.42. The van der Waals surface area contributed by atoms with Gasteiger partial charge in [0.1, 0.15) is 5.75 Å². The normalized spacial score (nSPS) is 19.1. The molecule has 1 amide bonds. The first kappa shape index (κ1) is 19.4. The average molecular weight is 406 g/mol. The molecule has 0 unspecified atom stereocenters. The van der Waals surface area contributed by atoms with E-state index in [0.29, 0.717) is 24.5 Å². The number of hydrogen-bond acceptors (Lipinski definition) is 5. The number of amides is 1. The number of hydrogen-bond donors (Lipinski definition) is 0. The summed E-state index contributed by atoms with van der Waals surface area (Å²) in [4.78, 5) is 17.0. The number of thioether (sulfide) groups is 1. The van der Waals surface area contributed by atoms with Gasteiger partial charge in [-0.15, -0.1) is 0 Å². The van der Waals surface area contributed by atoms with Gasteiger partial charge in [0.25, 0.3) is 0 Å². The number of rotatable bonds is 3. The standard InChI is InChI=1S/C23H23N3O2S/c1-15-4-7-18(10-16(15)2)25-13-26-22(27)11-20(21(12-24)23(26)29-14-25)17-5-8-19(28-3)9-6-17/h4-10,20H,11,13-14H2,1-3H3/t20-/m0/s1. The molecule has 5 nitrogen and oxygen atoms in total. The number of benzene rings is 2. The van der Waals surface area contributed by atoms with E-state index in [1.54, 1.807) is 23.8 Å². The number of carbonyl (C=O) groups is 1. The van der Waals surface area contributed by atoms with Gasteiger partial charge in [0.15, 0.2) is 0 Å². The number of methoxy groups -OCH3 is 1. The fourth-order valence-electron chi connectivity index (χ4n) is 3.77. The van der Waals surface area contributed by atoms with E-state index in [-0.39, 0.29) is 11.8 Å². The summed E-state index contributed by atoms with van der Waals surface area (Å²) in [5, 5.41) is 10.7. The number of fused-ring (bicyclic) bond motifs is 1. The molecular weight excluding hydrogens is 382 g/mol. The molecule has 0 aliphatic carbocycles. The van der Waals surface area contributed by atoms with Crippen molar-refractivity contribution in [1.82, 2.24) is 4.90 Å². The van der Waals surface area contributed by atoms with Gasteiger partial charge in [-0.3, -0.25) is 9.69 Å². The molecular formula is C23H23N3O2S. The molecule has 6 heteroatoms. The van der Waals surface area contributed by atoms with Gasteiger partial charge in [-0.05, 0) is 54.8 Å². The summed E-state index contributed by atoms with van der Waals surface area (Å²) >= 11 is 1.57. The molecule has 1 saturated heterocycles. The zero-order valence-corrected chi connectivity index (χ0v) is 17.6. The predicted octanol–water partition coefficient (Wildman–Crippen LogP) is 4.53. The number of allylic oxidation sites excluding steroid dienone is 1. The maximum absolute atomic E-state index is 13.0. The monoisotopic (exact) mass is 405 g/mol. The van der Waals surface area contributed by atoms with E-state index in [4.69, 9.17) is 4.74 Å². The molecule has 0 aromatic heterocycles. The topological polar surface area (TPSA) is 56.6 Å². The Kier molecular flexibility index (Phi) is 5.25. The zero-order chi connectivity index (χ0) is 20.5. The van der Waals surface area contributed by atoms with Crippen LogP contribution in [0.5, 0.6) is 5.75 Å². The molecule has 0 spiro atoms. The average Bonchev–Trinajstić information content (AvgIpc) is 2.75. The fraction of sp³-hybridized carbons (Fsp3) is 0.304. The minimum Gasteiger partial charge on any atom is -0.497 e. The van der Waals surface area contributed by atoms with Crippen LogP contribution in [0, 0.1) is 25.2 Å². The molecule has 0 N–H and O–H groups in total. The molecule has 0 saturated carbocycles. The molecule has 0 radical (unpaired) electrons. The predicted molar refractivity (Wildman–Crippen MR) is 116 cm³/mol. The largest absolute Gasteiger partial charge is 0.497 e. The quantitative estimate of drug-likeness (QED) is 0.751. The summed E-state index contributed by atoms with van der Waals surface area (Å²) < 4.78 is 5.22. The Morgan fingerprint density at radius 2 is 1.90 bits per heavy atom. The van der Waals surface area contributed by atoms with E-state index in [1.165, 1.54) is 11.1 Å². The number of carbonyl (C=O) groups excluding carboxylic acids is 1. The molecule has 2 aromatic rings. The molecule has 0 bridgehead atoms. The van der Waals surface area contributed by atoms with Crippen molar-refractivity contribution in [3.8, 4) is 11.8 Å². The maximum atomic E-state index is 13.0. The summed E-state index contributed by atoms with van der Waals surface area (Å²) in [5.74, 6) is 1.33. The lowest BCUT2D eigenvalue weighted by molar-refractivity contribution is -0.129. The van der Waals surface area contributed by atoms with Gasteiger partial charge in [0.2, 0.25) is 5.91 Å². The Hall–Kier alpha value is -2.91. The highest BCUT2D eigenvalue weighted by atomic mass is 32.2. The van der Waals surface area contributed by atoms with Gasteiger partial charge in [-0.1, -0.05) is 30.0 Å². The van der Waals surface area contributed by atoms with Crippen molar-refractivity contribution < 1.29 is 9.53 Å². The number of ether oxygens (including phenoxy) is 1. The molecule has 29 heavy (non-hydrogen) atoms. The highest BCUT2D eigenvalue weighted by molar-refractivity contribution is 8.03. The van der Waals surface area contributed by atoms with Crippen LogP contribution in [0.15, 0.2) is 53.1 Å². The van der Waals surface area contributed by atoms with Crippen molar-refractivity contribution in [2.24, 2.45) is 0 Å². The molecule has 2 aliphatic rings. The third kappa shape index (κ3) is 3.58. The summed E-state index contributed by atoms with van der Waals surface area (Å²) in [6, 6.07) is 16.4. The van der Waals surface area contributed by atoms with Crippen LogP contribution < -0.4 is 9.64 Å². The Bertz CT molecular complexity index is 1020. The molecule has 1 atom stereocenters. The Balaban J connectivity index is 1.64. The molecule has 2 heterocycles. The van der Waals surface area contributed by atoms with Gasteiger partial charge in [0, 0.05) is 18.0 Å². The first-order valence-corrected chi connectivity index (χ1v) is 10.5. The van der Waals surface area contributed by atoms with E-state index >= 15 is 0 Å². The highest BCUT2D eigenvalue weighted by Gasteiger charge is 2.38. The summed E-state index contributed by atoms with van der Waals surface area (Å²) in [7, 11) is 1.62. The summed E-state index contributed by atoms with van der Waals surface area (Å²) in [6.07, 6.45) is 0.306. The van der Waals surface area contributed by atoms with Crippen molar-refractivity contribution in [2.75, 3.05) is 24.6 Å². The molecule has 2 aliphatic heterocycles. The third-order valence-electron chi connectivity index (χ3n) is 5.67. The molecule has 2 aromatic carbocycles. The van der Waals surface area contributed by atoms with Crippen molar-refractivity contribution in [3.63, 3.8) is 0 Å². The van der Waals surface area contributed by atoms with E-state index < -0.39 is 0 Å². The van der Waals surface area contributed by atoms with E-state index in [9.17, 15) is 10.1 Å². The van der Waals surface area contributed by atoms with Gasteiger partial charge in [0.05, 0.1) is 36.3 Å². The minimum atomic E-state index is -0.203. The second-order valence-corrected chi connectivity index (χ2v) is 8.34. The summed E-state index contributed by atoms with van der Waals surface area (Å²) in [6.45, 7) is 4.67. The van der Waals surface area contributed by atoms with Crippen LogP contribution in [0.4, 0.5) is 5.69 Å². The molecule has 148 valence electrons. The van der Waals surface area contributed by atoms with E-state index in [2.05, 4.69) is 43.0 Å². The smallest absolute Gasteiger partial charge is 0.229 e. The lowest BCUT2D eigenvalue weighted by atomic mass is 9.86. The Morgan fingerprint density at radius 1 is 1.14 bits per heavy atom. The first-order chi connectivity index (χ1) is 14.0. The number of aryl methyl sites for hydroxylation is 2. The Morgan fingerprint density at radius 3 is 2.55 bits per heavy atom. The molecule has 4 rings (SSSR count). The van der Waals surface area contributed by atoms with Gasteiger partial charge in [-0.2, -0.15) is 5.26 Å². The fourth-order valence-corrected chi connectivity index (χ4v) is 4.94. The van der Waals surface area contributed by atoms with Crippen LogP contribution in [0.2, 0.25) is 0 Å².